The lowest BCUT2D eigenvalue weighted by molar-refractivity contribution is 0.101. The fraction of sp³-hybridized carbons (Fsp3) is 0.100. The highest BCUT2D eigenvalue weighted by atomic mass is 16.1. The lowest BCUT2D eigenvalue weighted by atomic mass is 10.1. The van der Waals surface area contributed by atoms with Gasteiger partial charge in [0, 0.05) is 29.5 Å². The molecule has 0 saturated carbocycles. The summed E-state index contributed by atoms with van der Waals surface area (Å²) in [6.07, 6.45) is 4.97. The van der Waals surface area contributed by atoms with E-state index in [1.165, 1.54) is 6.92 Å². The van der Waals surface area contributed by atoms with Gasteiger partial charge in [-0.1, -0.05) is 0 Å². The van der Waals surface area contributed by atoms with Crippen LogP contribution in [-0.2, 0) is 0 Å². The van der Waals surface area contributed by atoms with Gasteiger partial charge < -0.3 is 0 Å². The molecule has 0 spiro atoms. The molecule has 13 heavy (non-hydrogen) atoms. The molecule has 2 aromatic rings. The molecule has 0 N–H and O–H groups in total. The van der Waals surface area contributed by atoms with Crippen LogP contribution in [0.2, 0.25) is 0 Å². The Balaban J connectivity index is 2.69. The molecule has 0 atom stereocenters. The first-order valence-electron chi connectivity index (χ1n) is 3.98. The third-order valence-corrected chi connectivity index (χ3v) is 1.89. The summed E-state index contributed by atoms with van der Waals surface area (Å²) < 4.78 is 0. The van der Waals surface area contributed by atoms with Crippen LogP contribution in [0.25, 0.3) is 10.9 Å². The molecule has 0 saturated heterocycles. The van der Waals surface area contributed by atoms with Crippen molar-refractivity contribution in [2.45, 2.75) is 6.92 Å². The van der Waals surface area contributed by atoms with E-state index in [9.17, 15) is 4.79 Å². The summed E-state index contributed by atoms with van der Waals surface area (Å²) >= 11 is 0. The van der Waals surface area contributed by atoms with Gasteiger partial charge in [0.15, 0.2) is 5.78 Å². The summed E-state index contributed by atoms with van der Waals surface area (Å²) in [5.74, 6) is 0.0262. The molecular weight excluding hydrogens is 164 g/mol. The van der Waals surface area contributed by atoms with E-state index >= 15 is 0 Å². The minimum atomic E-state index is 0.0262. The first-order chi connectivity index (χ1) is 6.27. The van der Waals surface area contributed by atoms with Crippen LogP contribution in [0.5, 0.6) is 0 Å². The normalized spacial score (nSPS) is 10.2. The second kappa shape index (κ2) is 2.94. The first-order valence-corrected chi connectivity index (χ1v) is 3.98. The standard InChI is InChI=1S/C10H8N2O/c1-7(13)8-4-9-5-11-3-2-10(9)12-6-8/h2-6H,1H3. The summed E-state index contributed by atoms with van der Waals surface area (Å²) in [6, 6.07) is 3.62. The summed E-state index contributed by atoms with van der Waals surface area (Å²) in [6.45, 7) is 1.53. The largest absolute Gasteiger partial charge is 0.294 e. The van der Waals surface area contributed by atoms with Crippen molar-refractivity contribution in [3.8, 4) is 0 Å². The molecule has 0 aromatic carbocycles. The monoisotopic (exact) mass is 172 g/mol. The molecule has 0 fully saturated rings. The lowest BCUT2D eigenvalue weighted by Crippen LogP contribution is -1.93. The Kier molecular flexibility index (Phi) is 1.77. The van der Waals surface area contributed by atoms with E-state index in [0.29, 0.717) is 5.56 Å². The summed E-state index contributed by atoms with van der Waals surface area (Å²) in [5.41, 5.74) is 1.49. The van der Waals surface area contributed by atoms with Crippen molar-refractivity contribution in [2.75, 3.05) is 0 Å². The number of hydrogen-bond acceptors (Lipinski definition) is 3. The molecule has 2 aromatic heterocycles. The third-order valence-electron chi connectivity index (χ3n) is 1.89. The van der Waals surface area contributed by atoms with Gasteiger partial charge in [0.1, 0.15) is 0 Å². The Bertz CT molecular complexity index is 465. The second-order valence-electron chi connectivity index (χ2n) is 2.85. The van der Waals surface area contributed by atoms with Crippen LogP contribution in [0.15, 0.2) is 30.7 Å². The van der Waals surface area contributed by atoms with E-state index in [1.807, 2.05) is 6.07 Å². The number of pyridine rings is 2. The zero-order chi connectivity index (χ0) is 9.26. The van der Waals surface area contributed by atoms with E-state index in [4.69, 9.17) is 0 Å². The molecule has 3 heteroatoms. The SMILES string of the molecule is CC(=O)c1cnc2ccncc2c1. The van der Waals surface area contributed by atoms with Gasteiger partial charge in [-0.3, -0.25) is 14.8 Å². The van der Waals surface area contributed by atoms with Crippen molar-refractivity contribution >= 4 is 16.7 Å². The quantitative estimate of drug-likeness (QED) is 0.616. The van der Waals surface area contributed by atoms with Crippen LogP contribution in [0.1, 0.15) is 17.3 Å². The van der Waals surface area contributed by atoms with Gasteiger partial charge in [-0.25, -0.2) is 0 Å². The van der Waals surface area contributed by atoms with Gasteiger partial charge >= 0.3 is 0 Å². The number of nitrogens with zero attached hydrogens (tertiary/aromatic N) is 2. The Hall–Kier alpha value is -1.77. The fourth-order valence-electron chi connectivity index (χ4n) is 1.16. The van der Waals surface area contributed by atoms with E-state index in [-0.39, 0.29) is 5.78 Å². The number of carbonyl (C=O) groups is 1. The van der Waals surface area contributed by atoms with Crippen molar-refractivity contribution in [1.82, 2.24) is 9.97 Å². The molecule has 3 nitrogen and oxygen atoms in total. The average molecular weight is 172 g/mol. The van der Waals surface area contributed by atoms with Crippen LogP contribution < -0.4 is 0 Å². The van der Waals surface area contributed by atoms with Gasteiger partial charge in [0.2, 0.25) is 0 Å². The minimum absolute atomic E-state index is 0.0262. The Morgan fingerprint density at radius 2 is 2.23 bits per heavy atom. The van der Waals surface area contributed by atoms with Crippen LogP contribution >= 0.6 is 0 Å². The molecule has 64 valence electrons. The Labute approximate surface area is 75.4 Å². The predicted octanol–water partition coefficient (Wildman–Crippen LogP) is 1.83. The second-order valence-corrected chi connectivity index (χ2v) is 2.85. The molecule has 0 aliphatic heterocycles. The highest BCUT2D eigenvalue weighted by Crippen LogP contribution is 2.11. The molecule has 0 bridgehead atoms. The fourth-order valence-corrected chi connectivity index (χ4v) is 1.16. The van der Waals surface area contributed by atoms with Crippen molar-refractivity contribution < 1.29 is 4.79 Å². The maximum atomic E-state index is 11.0. The van der Waals surface area contributed by atoms with Crippen molar-refractivity contribution in [2.24, 2.45) is 0 Å². The highest BCUT2D eigenvalue weighted by Gasteiger charge is 2.00. The van der Waals surface area contributed by atoms with E-state index < -0.39 is 0 Å². The van der Waals surface area contributed by atoms with Gasteiger partial charge in [-0.2, -0.15) is 0 Å². The van der Waals surface area contributed by atoms with Gasteiger partial charge in [0.25, 0.3) is 0 Å². The molecular formula is C10H8N2O. The van der Waals surface area contributed by atoms with Crippen LogP contribution in [-0.4, -0.2) is 15.8 Å². The lowest BCUT2D eigenvalue weighted by Gasteiger charge is -1.97. The molecule has 0 unspecified atom stereocenters. The van der Waals surface area contributed by atoms with E-state index in [2.05, 4.69) is 9.97 Å². The maximum Gasteiger partial charge on any atom is 0.161 e. The number of rotatable bonds is 1. The number of aromatic nitrogens is 2. The highest BCUT2D eigenvalue weighted by molar-refractivity contribution is 5.96. The average Bonchev–Trinajstić information content (AvgIpc) is 2.17. The zero-order valence-corrected chi connectivity index (χ0v) is 7.19. The first kappa shape index (κ1) is 7.86. The Morgan fingerprint density at radius 1 is 1.38 bits per heavy atom. The van der Waals surface area contributed by atoms with Crippen LogP contribution in [0, 0.1) is 0 Å². The minimum Gasteiger partial charge on any atom is -0.294 e. The summed E-state index contributed by atoms with van der Waals surface area (Å²) in [5, 5.41) is 0.898. The number of carbonyl (C=O) groups excluding carboxylic acids is 1. The van der Waals surface area contributed by atoms with Gasteiger partial charge in [-0.05, 0) is 19.1 Å². The summed E-state index contributed by atoms with van der Waals surface area (Å²) in [7, 11) is 0. The van der Waals surface area contributed by atoms with Crippen LogP contribution in [0.3, 0.4) is 0 Å². The summed E-state index contributed by atoms with van der Waals surface area (Å²) in [4.78, 5) is 19.1. The molecule has 2 heterocycles. The zero-order valence-electron chi connectivity index (χ0n) is 7.19. The number of ketones is 1. The number of Topliss-reactive ketones (excluding diaryl/α,β-unsaturated/α-hetero) is 1. The van der Waals surface area contributed by atoms with E-state index in [1.54, 1.807) is 24.7 Å². The Morgan fingerprint density at radius 3 is 3.00 bits per heavy atom. The number of hydrogen-bond donors (Lipinski definition) is 0. The van der Waals surface area contributed by atoms with Crippen LogP contribution in [0.4, 0.5) is 0 Å². The van der Waals surface area contributed by atoms with Gasteiger partial charge in [0.05, 0.1) is 5.52 Å². The van der Waals surface area contributed by atoms with Crippen molar-refractivity contribution in [1.29, 1.82) is 0 Å². The topological polar surface area (TPSA) is 42.9 Å². The molecule has 2 rings (SSSR count). The van der Waals surface area contributed by atoms with E-state index in [0.717, 1.165) is 10.9 Å². The third kappa shape index (κ3) is 1.40. The molecule has 0 aliphatic carbocycles. The molecule has 0 aliphatic rings. The van der Waals surface area contributed by atoms with Gasteiger partial charge in [-0.15, -0.1) is 0 Å². The predicted molar refractivity (Wildman–Crippen MR) is 49.5 cm³/mol. The van der Waals surface area contributed by atoms with Crippen molar-refractivity contribution in [3.63, 3.8) is 0 Å². The smallest absolute Gasteiger partial charge is 0.161 e. The van der Waals surface area contributed by atoms with Crippen molar-refractivity contribution in [3.05, 3.63) is 36.3 Å². The molecule has 0 radical (unpaired) electrons. The molecule has 0 amide bonds. The number of fused-ring (bicyclic) bond motifs is 1. The maximum absolute atomic E-state index is 11.0.